The molecule has 38 heavy (non-hydrogen) atoms. The van der Waals surface area contributed by atoms with Crippen molar-refractivity contribution < 1.29 is 39.9 Å². The lowest BCUT2D eigenvalue weighted by Gasteiger charge is -2.19. The topological polar surface area (TPSA) is 104 Å². The minimum atomic E-state index is -4.34. The largest absolute Gasteiger partial charge is 0.495 e. The summed E-state index contributed by atoms with van der Waals surface area (Å²) < 4.78 is 95.1. The minimum Gasteiger partial charge on any atom is -0.495 e. The number of anilines is 1. The number of methoxy groups -OCH3 is 1. The van der Waals surface area contributed by atoms with Crippen LogP contribution in [-0.2, 0) is 30.1 Å². The molecule has 0 aliphatic heterocycles. The van der Waals surface area contributed by atoms with Crippen molar-refractivity contribution in [2.45, 2.75) is 31.5 Å². The summed E-state index contributed by atoms with van der Waals surface area (Å²) in [6.07, 6.45) is -5.42. The lowest BCUT2D eigenvalue weighted by atomic mass is 10.1. The molecule has 8 nitrogen and oxygen atoms in total. The van der Waals surface area contributed by atoms with Crippen molar-refractivity contribution in [3.63, 3.8) is 0 Å². The van der Waals surface area contributed by atoms with E-state index in [-0.39, 0.29) is 45.6 Å². The number of ether oxygens (including phenoxy) is 1. The van der Waals surface area contributed by atoms with Crippen LogP contribution in [0.5, 0.6) is 5.75 Å². The average molecular weight is 589 g/mol. The van der Waals surface area contributed by atoms with Gasteiger partial charge in [-0.1, -0.05) is 18.1 Å². The molecule has 1 heterocycles. The summed E-state index contributed by atoms with van der Waals surface area (Å²) in [6, 6.07) is 9.84. The number of sulfonamides is 1. The number of rotatable bonds is 10. The van der Waals surface area contributed by atoms with Gasteiger partial charge in [-0.05, 0) is 55.7 Å². The highest BCUT2D eigenvalue weighted by Gasteiger charge is 2.29. The number of thiazole rings is 1. The summed E-state index contributed by atoms with van der Waals surface area (Å²) in [6.45, 7) is 3.62. The van der Waals surface area contributed by atoms with Crippen LogP contribution < -0.4 is 14.8 Å². The van der Waals surface area contributed by atoms with Crippen LogP contribution in [-0.4, -0.2) is 39.9 Å². The second kappa shape index (κ2) is 12.3. The van der Waals surface area contributed by atoms with Crippen LogP contribution in [0.2, 0.25) is 0 Å². The van der Waals surface area contributed by atoms with E-state index in [1.54, 1.807) is 19.9 Å². The van der Waals surface area contributed by atoms with Crippen LogP contribution in [0, 0.1) is 11.8 Å². The molecule has 2 aromatic carbocycles. The molecule has 0 radical (unpaired) electrons. The summed E-state index contributed by atoms with van der Waals surface area (Å²) in [4.78, 5) is 4.03. The van der Waals surface area contributed by atoms with Gasteiger partial charge in [-0.2, -0.15) is 21.6 Å². The Hall–Kier alpha value is -2.88. The van der Waals surface area contributed by atoms with Gasteiger partial charge in [-0.25, -0.2) is 4.98 Å². The molecule has 0 bridgehead atoms. The monoisotopic (exact) mass is 588 g/mol. The predicted octanol–water partition coefficient (Wildman–Crippen LogP) is 5.35. The number of nitrogens with one attached hydrogen (secondary N) is 1. The molecule has 0 atom stereocenters. The van der Waals surface area contributed by atoms with Crippen molar-refractivity contribution >= 4 is 39.9 Å². The zero-order valence-electron chi connectivity index (χ0n) is 20.5. The summed E-state index contributed by atoms with van der Waals surface area (Å²) in [5, 5.41) is 1.33. The van der Waals surface area contributed by atoms with Crippen LogP contribution in [0.4, 0.5) is 18.9 Å². The first-order valence-corrected chi connectivity index (χ1v) is 15.0. The zero-order chi connectivity index (χ0) is 28.0. The molecule has 204 valence electrons. The first-order chi connectivity index (χ1) is 17.9. The van der Waals surface area contributed by atoms with E-state index in [0.717, 1.165) is 11.3 Å². The van der Waals surface area contributed by atoms with E-state index in [0.29, 0.717) is 5.56 Å². The highest BCUT2D eigenvalue weighted by Crippen LogP contribution is 2.48. The number of alkyl halides is 3. The van der Waals surface area contributed by atoms with Gasteiger partial charge in [0.05, 0.1) is 37.7 Å². The van der Waals surface area contributed by atoms with Crippen LogP contribution in [0.3, 0.4) is 0 Å². The Kier molecular flexibility index (Phi) is 9.62. The van der Waals surface area contributed by atoms with E-state index in [9.17, 15) is 26.2 Å². The SMILES string of the molecule is CCOP(=O)(OCC)c1ccc(NS(=O)(=O)c2csc(C#Cc3cccc(CC(F)(F)F)c3)n2)c(OC)c1. The Morgan fingerprint density at radius 1 is 1.08 bits per heavy atom. The fourth-order valence-corrected chi connectivity index (χ4v) is 6.81. The lowest BCUT2D eigenvalue weighted by Crippen LogP contribution is -2.16. The average Bonchev–Trinajstić information content (AvgIpc) is 3.32. The maximum absolute atomic E-state index is 13.0. The molecule has 0 saturated heterocycles. The zero-order valence-corrected chi connectivity index (χ0v) is 23.1. The molecule has 0 amide bonds. The van der Waals surface area contributed by atoms with Crippen molar-refractivity contribution in [3.8, 4) is 17.6 Å². The highest BCUT2D eigenvalue weighted by molar-refractivity contribution is 7.92. The first-order valence-electron chi connectivity index (χ1n) is 11.1. The third kappa shape index (κ3) is 7.82. The fraction of sp³-hybridized carbons (Fsp3) is 0.292. The Balaban J connectivity index is 1.81. The van der Waals surface area contributed by atoms with Crippen LogP contribution in [0.1, 0.15) is 30.0 Å². The maximum Gasteiger partial charge on any atom is 0.393 e. The van der Waals surface area contributed by atoms with Crippen molar-refractivity contribution in [2.24, 2.45) is 0 Å². The maximum atomic E-state index is 13.0. The van der Waals surface area contributed by atoms with Crippen LogP contribution in [0.15, 0.2) is 52.9 Å². The summed E-state index contributed by atoms with van der Waals surface area (Å²) in [5.41, 5.74) is 0.471. The molecule has 0 unspecified atom stereocenters. The van der Waals surface area contributed by atoms with Crippen LogP contribution >= 0.6 is 18.9 Å². The standard InChI is InChI=1S/C24H24F3N2O6PS2/c1-4-34-36(30,35-5-2)19-10-11-20(21(14-19)33-3)29-38(31,32)23-16-37-22(28-23)12-9-17-7-6-8-18(13-17)15-24(25,26)27/h6-8,10-11,13-14,16,29H,4-5,15H2,1-3H3. The molecule has 1 N–H and O–H groups in total. The number of nitrogens with zero attached hydrogens (tertiary/aromatic N) is 1. The van der Waals surface area contributed by atoms with Gasteiger partial charge in [-0.3, -0.25) is 9.29 Å². The van der Waals surface area contributed by atoms with Gasteiger partial charge in [0, 0.05) is 10.9 Å². The summed E-state index contributed by atoms with van der Waals surface area (Å²) in [5.74, 6) is 5.47. The Bertz CT molecular complexity index is 1490. The van der Waals surface area contributed by atoms with Gasteiger partial charge in [0.15, 0.2) is 10.0 Å². The third-order valence-electron chi connectivity index (χ3n) is 4.75. The third-order valence-corrected chi connectivity index (χ3v) is 9.01. The van der Waals surface area contributed by atoms with E-state index in [1.165, 1.54) is 48.9 Å². The second-order valence-electron chi connectivity index (χ2n) is 7.56. The van der Waals surface area contributed by atoms with Gasteiger partial charge in [-0.15, -0.1) is 11.3 Å². The van der Waals surface area contributed by atoms with E-state index in [1.807, 2.05) is 0 Å². The molecule has 1 aromatic heterocycles. The Morgan fingerprint density at radius 3 is 2.42 bits per heavy atom. The quantitative estimate of drug-likeness (QED) is 0.252. The smallest absolute Gasteiger partial charge is 0.393 e. The number of halogens is 3. The molecule has 0 fully saturated rings. The molecule has 0 aliphatic carbocycles. The van der Waals surface area contributed by atoms with Gasteiger partial charge >= 0.3 is 13.8 Å². The number of hydrogen-bond donors (Lipinski definition) is 1. The second-order valence-corrected chi connectivity index (χ2v) is 12.1. The number of hydrogen-bond acceptors (Lipinski definition) is 8. The highest BCUT2D eigenvalue weighted by atomic mass is 32.2. The van der Waals surface area contributed by atoms with Crippen molar-refractivity contribution in [2.75, 3.05) is 25.0 Å². The van der Waals surface area contributed by atoms with Gasteiger partial charge in [0.1, 0.15) is 5.75 Å². The molecule has 3 rings (SSSR count). The van der Waals surface area contributed by atoms with Gasteiger partial charge < -0.3 is 13.8 Å². The minimum absolute atomic E-state index is 0.0646. The molecule has 3 aromatic rings. The van der Waals surface area contributed by atoms with Crippen LogP contribution in [0.25, 0.3) is 0 Å². The van der Waals surface area contributed by atoms with E-state index >= 15 is 0 Å². The number of benzene rings is 2. The molecule has 14 heteroatoms. The first kappa shape index (κ1) is 29.7. The van der Waals surface area contributed by atoms with E-state index in [2.05, 4.69) is 21.5 Å². The molecular weight excluding hydrogens is 564 g/mol. The summed E-state index contributed by atoms with van der Waals surface area (Å²) >= 11 is 0.962. The molecule has 0 aliphatic rings. The normalized spacial score (nSPS) is 12.1. The number of aromatic nitrogens is 1. The Morgan fingerprint density at radius 2 is 1.79 bits per heavy atom. The van der Waals surface area contributed by atoms with Crippen molar-refractivity contribution in [1.82, 2.24) is 4.98 Å². The lowest BCUT2D eigenvalue weighted by molar-refractivity contribution is -0.127. The van der Waals surface area contributed by atoms with Gasteiger partial charge in [0.2, 0.25) is 0 Å². The van der Waals surface area contributed by atoms with Crippen molar-refractivity contribution in [1.29, 1.82) is 0 Å². The van der Waals surface area contributed by atoms with Gasteiger partial charge in [0.25, 0.3) is 10.0 Å². The Labute approximate surface area is 222 Å². The predicted molar refractivity (Wildman–Crippen MR) is 139 cm³/mol. The fourth-order valence-electron chi connectivity index (χ4n) is 3.21. The summed E-state index contributed by atoms with van der Waals surface area (Å²) in [7, 11) is -6.46. The van der Waals surface area contributed by atoms with E-state index in [4.69, 9.17) is 13.8 Å². The molecule has 0 spiro atoms. The van der Waals surface area contributed by atoms with E-state index < -0.39 is 30.2 Å². The molecular formula is C24H24F3N2O6PS2. The molecule has 0 saturated carbocycles. The van der Waals surface area contributed by atoms with Crippen molar-refractivity contribution in [3.05, 3.63) is 64.0 Å².